The van der Waals surface area contributed by atoms with Crippen molar-refractivity contribution in [2.45, 2.75) is 50.7 Å². The highest BCUT2D eigenvalue weighted by molar-refractivity contribution is 5.85. The topological polar surface area (TPSA) is 32.8 Å². The lowest BCUT2D eigenvalue weighted by molar-refractivity contribution is 0.139. The maximum absolute atomic E-state index is 11.0. The number of rotatable bonds is 9. The van der Waals surface area contributed by atoms with Crippen LogP contribution >= 0.6 is 12.4 Å². The molecule has 2 unspecified atom stereocenters. The van der Waals surface area contributed by atoms with Crippen LogP contribution < -0.4 is 0 Å². The van der Waals surface area contributed by atoms with Crippen LogP contribution in [0.15, 0.2) is 121 Å². The van der Waals surface area contributed by atoms with E-state index in [9.17, 15) is 5.11 Å². The van der Waals surface area contributed by atoms with Crippen LogP contribution in [0.2, 0.25) is 0 Å². The van der Waals surface area contributed by atoms with Gasteiger partial charge in [0.15, 0.2) is 0 Å². The first-order valence-corrected chi connectivity index (χ1v) is 11.5. The summed E-state index contributed by atoms with van der Waals surface area (Å²) in [6.07, 6.45) is -1.25. The Bertz CT molecular complexity index is 1950. The predicted octanol–water partition coefficient (Wildman–Crippen LogP) is 8.25. The van der Waals surface area contributed by atoms with Crippen LogP contribution in [0.3, 0.4) is 0 Å². The van der Waals surface area contributed by atoms with Gasteiger partial charge in [0.1, 0.15) is 0 Å². The summed E-state index contributed by atoms with van der Waals surface area (Å²) in [6.45, 7) is 4.06. The van der Waals surface area contributed by atoms with Gasteiger partial charge < -0.3 is 9.84 Å². The standard InChI is InChI=1S/C19H24O.C15H14O.ClH/c1-15(2)13-14-18(20)19(16-9-5-3-6-10-16)17-11-7-4-8-12-17;1-3-7-12(8-4-1)15(14-11-16-14)13-9-5-2-6-10-13;/h3-12,15,18-20H,13-14H2,1-2H3;1-10,14-15H,11H2;1H/i3D,4D,5D,6D,7D,8D,9D,10D,11D,12D;1D,2D,3D,4D,5D,6D,7D,8D,9D,10D;. The summed E-state index contributed by atoms with van der Waals surface area (Å²) in [5.74, 6) is -2.25. The van der Waals surface area contributed by atoms with Gasteiger partial charge in [0.25, 0.3) is 0 Å². The summed E-state index contributed by atoms with van der Waals surface area (Å²) >= 11 is 0. The van der Waals surface area contributed by atoms with Crippen molar-refractivity contribution in [1.29, 1.82) is 0 Å². The number of aliphatic hydroxyl groups excluding tert-OH is 1. The molecule has 0 radical (unpaired) electrons. The number of epoxide rings is 1. The molecule has 0 aromatic heterocycles. The monoisotopic (exact) mass is 534 g/mol. The zero-order chi connectivity index (χ0) is 42.6. The van der Waals surface area contributed by atoms with Crippen LogP contribution in [0, 0.1) is 5.92 Å². The molecular formula is C34H39ClO2. The van der Waals surface area contributed by atoms with Crippen molar-refractivity contribution in [2.75, 3.05) is 6.61 Å². The fourth-order valence-electron chi connectivity index (χ4n) is 3.62. The summed E-state index contributed by atoms with van der Waals surface area (Å²) in [5.41, 5.74) is -0.819. The molecule has 2 nitrogen and oxygen atoms in total. The lowest BCUT2D eigenvalue weighted by Crippen LogP contribution is -2.20. The third-order valence-electron chi connectivity index (χ3n) is 5.48. The minimum Gasteiger partial charge on any atom is -0.392 e. The average Bonchev–Trinajstić information content (AvgIpc) is 4.01. The smallest absolute Gasteiger partial charge is 0.0918 e. The zero-order valence-electron chi connectivity index (χ0n) is 40.3. The van der Waals surface area contributed by atoms with Crippen molar-refractivity contribution in [3.8, 4) is 0 Å². The van der Waals surface area contributed by atoms with Crippen molar-refractivity contribution in [3.63, 3.8) is 0 Å². The van der Waals surface area contributed by atoms with E-state index in [0.29, 0.717) is 6.42 Å². The van der Waals surface area contributed by atoms with E-state index in [1.165, 1.54) is 0 Å². The Morgan fingerprint density at radius 1 is 0.676 bits per heavy atom. The lowest BCUT2D eigenvalue weighted by atomic mass is 9.84. The molecule has 0 saturated carbocycles. The molecule has 194 valence electrons. The Labute approximate surface area is 256 Å². The molecule has 37 heavy (non-hydrogen) atoms. The van der Waals surface area contributed by atoms with E-state index in [2.05, 4.69) is 0 Å². The van der Waals surface area contributed by atoms with Crippen LogP contribution in [0.25, 0.3) is 0 Å². The fraction of sp³-hybridized carbons (Fsp3) is 0.294. The molecule has 3 heteroatoms. The third-order valence-corrected chi connectivity index (χ3v) is 5.48. The minimum atomic E-state index is -1.38. The first-order chi connectivity index (χ1) is 25.9. The molecule has 1 aliphatic rings. The summed E-state index contributed by atoms with van der Waals surface area (Å²) in [6, 6.07) is -11.1. The van der Waals surface area contributed by atoms with Crippen LogP contribution in [0.4, 0.5) is 0 Å². The Morgan fingerprint density at radius 3 is 1.35 bits per heavy atom. The van der Waals surface area contributed by atoms with Crippen molar-refractivity contribution in [2.24, 2.45) is 5.92 Å². The molecule has 1 fully saturated rings. The highest BCUT2D eigenvalue weighted by atomic mass is 35.5. The molecule has 2 atom stereocenters. The molecule has 4 aromatic rings. The number of halogens is 1. The molecule has 1 heterocycles. The van der Waals surface area contributed by atoms with E-state index in [0.717, 1.165) is 0 Å². The number of aliphatic hydroxyl groups is 1. The van der Waals surface area contributed by atoms with E-state index < -0.39 is 145 Å². The van der Waals surface area contributed by atoms with Gasteiger partial charge in [0.2, 0.25) is 0 Å². The van der Waals surface area contributed by atoms with Crippen LogP contribution in [-0.2, 0) is 4.74 Å². The number of hydrogen-bond donors (Lipinski definition) is 1. The van der Waals surface area contributed by atoms with Crippen LogP contribution in [0.5, 0.6) is 0 Å². The predicted molar refractivity (Wildman–Crippen MR) is 157 cm³/mol. The quantitative estimate of drug-likeness (QED) is 0.219. The van der Waals surface area contributed by atoms with E-state index >= 15 is 0 Å². The Kier molecular flexibility index (Phi) is 4.72. The van der Waals surface area contributed by atoms with Crippen molar-refractivity contribution in [3.05, 3.63) is 143 Å². The van der Waals surface area contributed by atoms with E-state index in [1.54, 1.807) is 0 Å². The third kappa shape index (κ3) is 8.57. The fourth-order valence-corrected chi connectivity index (χ4v) is 3.62. The van der Waals surface area contributed by atoms with Gasteiger partial charge in [-0.1, -0.05) is 135 Å². The number of ether oxygens (including phenoxy) is 1. The zero-order valence-corrected chi connectivity index (χ0v) is 21.1. The highest BCUT2D eigenvalue weighted by Gasteiger charge is 2.34. The van der Waals surface area contributed by atoms with Gasteiger partial charge in [-0.25, -0.2) is 0 Å². The van der Waals surface area contributed by atoms with Gasteiger partial charge >= 0.3 is 0 Å². The molecule has 1 aliphatic heterocycles. The highest BCUT2D eigenvalue weighted by Crippen LogP contribution is 2.35. The first kappa shape index (κ1) is 11.9. The molecule has 4 aromatic carbocycles. The number of benzene rings is 4. The van der Waals surface area contributed by atoms with Gasteiger partial charge in [-0.2, -0.15) is 0 Å². The Hall–Kier alpha value is -2.91. The van der Waals surface area contributed by atoms with Gasteiger partial charge in [-0.05, 0) is 41.0 Å². The van der Waals surface area contributed by atoms with Gasteiger partial charge in [-0.15, -0.1) is 12.4 Å². The molecule has 0 spiro atoms. The van der Waals surface area contributed by atoms with Gasteiger partial charge in [0, 0.05) is 11.8 Å². The molecule has 0 bridgehead atoms. The van der Waals surface area contributed by atoms with Crippen LogP contribution in [0.1, 0.15) is 88.2 Å². The van der Waals surface area contributed by atoms with Crippen molar-refractivity contribution in [1.82, 2.24) is 0 Å². The second kappa shape index (κ2) is 14.7. The van der Waals surface area contributed by atoms with Crippen molar-refractivity contribution < 1.29 is 37.3 Å². The largest absolute Gasteiger partial charge is 0.392 e. The second-order valence-corrected chi connectivity index (χ2v) is 8.52. The SMILES string of the molecule is Cl.[2H]c1c([2H])c([2H])c(C(c2c([2H])c([2H])c([2H])c([2H])c2[2H])C(O)CCC(C)C)c([2H])c1[2H].[2H]c1c([2H])c([2H])c(C(c2c([2H])c([2H])c([2H])c([2H])c2[2H])C2CO2)c([2H])c1[2H]. The average molecular weight is 535 g/mol. The molecular weight excluding hydrogens is 476 g/mol. The summed E-state index contributed by atoms with van der Waals surface area (Å²) in [5, 5.41) is 11.0. The summed E-state index contributed by atoms with van der Waals surface area (Å²) < 4.78 is 165. The Morgan fingerprint density at radius 2 is 1.03 bits per heavy atom. The molecule has 1 saturated heterocycles. The second-order valence-electron chi connectivity index (χ2n) is 8.52. The molecule has 5 rings (SSSR count). The lowest BCUT2D eigenvalue weighted by Gasteiger charge is -2.24. The normalized spacial score (nSPS) is 22.6. The van der Waals surface area contributed by atoms with E-state index in [-0.39, 0.29) is 53.6 Å². The van der Waals surface area contributed by atoms with Crippen LogP contribution in [-0.4, -0.2) is 23.9 Å². The number of hydrogen-bond acceptors (Lipinski definition) is 2. The summed E-state index contributed by atoms with van der Waals surface area (Å²) in [7, 11) is 0. The molecule has 0 amide bonds. The van der Waals surface area contributed by atoms with E-state index in [4.69, 9.17) is 32.2 Å². The maximum Gasteiger partial charge on any atom is 0.0918 e. The summed E-state index contributed by atoms with van der Waals surface area (Å²) in [4.78, 5) is 0. The Balaban J connectivity index is 0.000000303. The molecule has 1 N–H and O–H groups in total. The van der Waals surface area contributed by atoms with Gasteiger partial charge in [-0.3, -0.25) is 0 Å². The first-order valence-electron chi connectivity index (χ1n) is 21.5. The maximum atomic E-state index is 11.0. The molecule has 0 aliphatic carbocycles. The van der Waals surface area contributed by atoms with E-state index in [1.807, 2.05) is 13.8 Å². The van der Waals surface area contributed by atoms with Crippen molar-refractivity contribution >= 4 is 12.4 Å². The van der Waals surface area contributed by atoms with Gasteiger partial charge in [0.05, 0.1) is 46.2 Å². The minimum absolute atomic E-state index is 0.